The third kappa shape index (κ3) is 1.83. The van der Waals surface area contributed by atoms with Crippen molar-refractivity contribution >= 4 is 0 Å². The van der Waals surface area contributed by atoms with Crippen LogP contribution < -0.4 is 0 Å². The first kappa shape index (κ1) is 10.8. The van der Waals surface area contributed by atoms with Crippen LogP contribution in [0.15, 0.2) is 24.5 Å². The Morgan fingerprint density at radius 3 is 2.56 bits per heavy atom. The maximum atomic E-state index is 13.9. The van der Waals surface area contributed by atoms with Crippen LogP contribution in [0.3, 0.4) is 0 Å². The molecule has 2 rings (SSSR count). The van der Waals surface area contributed by atoms with Gasteiger partial charge in [0, 0.05) is 7.05 Å². The van der Waals surface area contributed by atoms with Crippen LogP contribution in [0.25, 0.3) is 11.4 Å². The van der Waals surface area contributed by atoms with Crippen molar-refractivity contribution in [1.82, 2.24) is 14.8 Å². The van der Waals surface area contributed by atoms with Crippen LogP contribution in [0, 0.1) is 5.82 Å². The SMILES string of the molecule is CC(C)c1ccc(-c2ncnn2C)c(F)c1. The van der Waals surface area contributed by atoms with Gasteiger partial charge in [0.25, 0.3) is 0 Å². The van der Waals surface area contributed by atoms with E-state index in [1.807, 2.05) is 19.9 Å². The van der Waals surface area contributed by atoms with E-state index in [4.69, 9.17) is 0 Å². The van der Waals surface area contributed by atoms with Crippen LogP contribution in [0.1, 0.15) is 25.3 Å². The first-order valence-corrected chi connectivity index (χ1v) is 5.23. The molecule has 1 heterocycles. The number of aromatic nitrogens is 3. The van der Waals surface area contributed by atoms with Crippen LogP contribution in [0.5, 0.6) is 0 Å². The van der Waals surface area contributed by atoms with E-state index in [9.17, 15) is 4.39 Å². The van der Waals surface area contributed by atoms with Crippen LogP contribution in [-0.4, -0.2) is 14.8 Å². The molecule has 4 heteroatoms. The zero-order valence-corrected chi connectivity index (χ0v) is 9.61. The third-order valence-corrected chi connectivity index (χ3v) is 2.61. The van der Waals surface area contributed by atoms with Gasteiger partial charge >= 0.3 is 0 Å². The summed E-state index contributed by atoms with van der Waals surface area (Å²) in [6.07, 6.45) is 1.42. The third-order valence-electron chi connectivity index (χ3n) is 2.61. The summed E-state index contributed by atoms with van der Waals surface area (Å²) in [5.41, 5.74) is 1.48. The van der Waals surface area contributed by atoms with Crippen molar-refractivity contribution in [2.24, 2.45) is 7.05 Å². The molecular formula is C12H14FN3. The average molecular weight is 219 g/mol. The summed E-state index contributed by atoms with van der Waals surface area (Å²) in [6, 6.07) is 5.25. The van der Waals surface area contributed by atoms with Crippen molar-refractivity contribution in [3.63, 3.8) is 0 Å². The summed E-state index contributed by atoms with van der Waals surface area (Å²) < 4.78 is 15.4. The van der Waals surface area contributed by atoms with E-state index < -0.39 is 0 Å². The van der Waals surface area contributed by atoms with E-state index in [1.165, 1.54) is 6.33 Å². The predicted molar refractivity (Wildman–Crippen MR) is 60.5 cm³/mol. The molecule has 16 heavy (non-hydrogen) atoms. The van der Waals surface area contributed by atoms with Gasteiger partial charge in [0.2, 0.25) is 0 Å². The summed E-state index contributed by atoms with van der Waals surface area (Å²) >= 11 is 0. The number of rotatable bonds is 2. The molecule has 0 aliphatic carbocycles. The second-order valence-electron chi connectivity index (χ2n) is 4.10. The van der Waals surface area contributed by atoms with Gasteiger partial charge in [-0.3, -0.25) is 0 Å². The fourth-order valence-electron chi connectivity index (χ4n) is 1.61. The molecule has 0 atom stereocenters. The highest BCUT2D eigenvalue weighted by Crippen LogP contribution is 2.24. The first-order valence-electron chi connectivity index (χ1n) is 5.23. The van der Waals surface area contributed by atoms with Crippen molar-refractivity contribution in [3.05, 3.63) is 35.9 Å². The Morgan fingerprint density at radius 1 is 1.31 bits per heavy atom. The summed E-state index contributed by atoms with van der Waals surface area (Å²) in [4.78, 5) is 4.03. The van der Waals surface area contributed by atoms with Gasteiger partial charge in [-0.25, -0.2) is 14.1 Å². The molecule has 0 N–H and O–H groups in total. The van der Waals surface area contributed by atoms with Gasteiger partial charge in [-0.05, 0) is 23.6 Å². The number of hydrogen-bond donors (Lipinski definition) is 0. The molecule has 0 unspecified atom stereocenters. The lowest BCUT2D eigenvalue weighted by molar-refractivity contribution is 0.623. The molecule has 0 spiro atoms. The van der Waals surface area contributed by atoms with E-state index in [2.05, 4.69) is 10.1 Å². The quantitative estimate of drug-likeness (QED) is 0.777. The average Bonchev–Trinajstić information content (AvgIpc) is 2.64. The topological polar surface area (TPSA) is 30.7 Å². The Bertz CT molecular complexity index is 503. The van der Waals surface area contributed by atoms with Gasteiger partial charge < -0.3 is 0 Å². The number of benzene rings is 1. The van der Waals surface area contributed by atoms with Crippen LogP contribution in [0.4, 0.5) is 4.39 Å². The lowest BCUT2D eigenvalue weighted by Crippen LogP contribution is -1.98. The molecule has 0 saturated carbocycles. The molecule has 0 bridgehead atoms. The molecule has 3 nitrogen and oxygen atoms in total. The van der Waals surface area contributed by atoms with Crippen molar-refractivity contribution in [2.45, 2.75) is 19.8 Å². The molecular weight excluding hydrogens is 205 g/mol. The van der Waals surface area contributed by atoms with E-state index >= 15 is 0 Å². The van der Waals surface area contributed by atoms with Crippen LogP contribution >= 0.6 is 0 Å². The smallest absolute Gasteiger partial charge is 0.160 e. The summed E-state index contributed by atoms with van der Waals surface area (Å²) in [5.74, 6) is 0.623. The van der Waals surface area contributed by atoms with E-state index in [-0.39, 0.29) is 5.82 Å². The molecule has 2 aromatic rings. The maximum absolute atomic E-state index is 13.9. The zero-order chi connectivity index (χ0) is 11.7. The summed E-state index contributed by atoms with van der Waals surface area (Å²) in [7, 11) is 1.75. The van der Waals surface area contributed by atoms with Crippen LogP contribution in [-0.2, 0) is 7.05 Å². The zero-order valence-electron chi connectivity index (χ0n) is 9.61. The number of hydrogen-bond acceptors (Lipinski definition) is 2. The second kappa shape index (κ2) is 4.04. The van der Waals surface area contributed by atoms with Gasteiger partial charge in [-0.2, -0.15) is 5.10 Å². The molecule has 1 aromatic carbocycles. The fourth-order valence-corrected chi connectivity index (χ4v) is 1.61. The highest BCUT2D eigenvalue weighted by molar-refractivity contribution is 5.56. The van der Waals surface area contributed by atoms with Crippen molar-refractivity contribution in [2.75, 3.05) is 0 Å². The lowest BCUT2D eigenvalue weighted by Gasteiger charge is -2.08. The van der Waals surface area contributed by atoms with Crippen molar-refractivity contribution < 1.29 is 4.39 Å². The van der Waals surface area contributed by atoms with Gasteiger partial charge in [0.05, 0.1) is 5.56 Å². The van der Waals surface area contributed by atoms with Crippen molar-refractivity contribution in [1.29, 1.82) is 0 Å². The van der Waals surface area contributed by atoms with Gasteiger partial charge in [0.1, 0.15) is 12.1 Å². The monoisotopic (exact) mass is 219 g/mol. The molecule has 84 valence electrons. The minimum absolute atomic E-state index is 0.248. The maximum Gasteiger partial charge on any atom is 0.160 e. The van der Waals surface area contributed by atoms with Gasteiger partial charge in [0.15, 0.2) is 5.82 Å². The number of nitrogens with zero attached hydrogens (tertiary/aromatic N) is 3. The van der Waals surface area contributed by atoms with E-state index in [1.54, 1.807) is 23.9 Å². The minimum Gasteiger partial charge on any atom is -0.249 e. The molecule has 0 aliphatic heterocycles. The minimum atomic E-state index is -0.248. The molecule has 0 fully saturated rings. The molecule has 0 saturated heterocycles. The summed E-state index contributed by atoms with van der Waals surface area (Å²) in [5, 5.41) is 3.93. The highest BCUT2D eigenvalue weighted by Gasteiger charge is 2.11. The van der Waals surface area contributed by atoms with E-state index in [0.717, 1.165) is 5.56 Å². The highest BCUT2D eigenvalue weighted by atomic mass is 19.1. The Morgan fingerprint density at radius 2 is 2.06 bits per heavy atom. The first-order chi connectivity index (χ1) is 7.59. The molecule has 0 amide bonds. The van der Waals surface area contributed by atoms with E-state index in [0.29, 0.717) is 17.3 Å². The Kier molecular flexibility index (Phi) is 2.73. The fraction of sp³-hybridized carbons (Fsp3) is 0.333. The molecule has 1 aromatic heterocycles. The van der Waals surface area contributed by atoms with Gasteiger partial charge in [-0.1, -0.05) is 19.9 Å². The van der Waals surface area contributed by atoms with Gasteiger partial charge in [-0.15, -0.1) is 0 Å². The Hall–Kier alpha value is -1.71. The molecule has 0 radical (unpaired) electrons. The molecule has 0 aliphatic rings. The normalized spacial score (nSPS) is 11.1. The van der Waals surface area contributed by atoms with Crippen LogP contribution in [0.2, 0.25) is 0 Å². The number of halogens is 1. The van der Waals surface area contributed by atoms with Crippen molar-refractivity contribution in [3.8, 4) is 11.4 Å². The summed E-state index contributed by atoms with van der Waals surface area (Å²) in [6.45, 7) is 4.08. The largest absolute Gasteiger partial charge is 0.249 e. The number of aryl methyl sites for hydroxylation is 1. The predicted octanol–water partition coefficient (Wildman–Crippen LogP) is 2.74. The second-order valence-corrected chi connectivity index (χ2v) is 4.10. The Balaban J connectivity index is 2.48. The Labute approximate surface area is 93.9 Å². The lowest BCUT2D eigenvalue weighted by atomic mass is 10.0. The standard InChI is InChI=1S/C12H14FN3/c1-8(2)9-4-5-10(11(13)6-9)12-14-7-15-16(12)3/h4-8H,1-3H3.